The van der Waals surface area contributed by atoms with Crippen LogP contribution in [0.2, 0.25) is 0 Å². The van der Waals surface area contributed by atoms with Crippen LogP contribution in [0, 0.1) is 12.8 Å². The van der Waals surface area contributed by atoms with Gasteiger partial charge in [-0.05, 0) is 55.7 Å². The largest absolute Gasteiger partial charge is 0.330 e. The molecule has 2 rings (SSSR count). The van der Waals surface area contributed by atoms with Crippen LogP contribution >= 0.6 is 11.3 Å². The average Bonchev–Trinajstić information content (AvgIpc) is 2.90. The molecule has 18 heavy (non-hydrogen) atoms. The number of hydrogen-bond acceptors (Lipinski definition) is 2. The summed E-state index contributed by atoms with van der Waals surface area (Å²) in [5.41, 5.74) is 8.62. The minimum atomic E-state index is 0.592. The van der Waals surface area contributed by atoms with Gasteiger partial charge in [0.05, 0.1) is 0 Å². The molecule has 0 aliphatic heterocycles. The quantitative estimate of drug-likeness (QED) is 0.839. The van der Waals surface area contributed by atoms with Crippen LogP contribution in [0.15, 0.2) is 41.8 Å². The first-order chi connectivity index (χ1) is 8.78. The number of nitrogens with two attached hydrogens (primary N) is 1. The Morgan fingerprint density at radius 2 is 1.94 bits per heavy atom. The molecule has 1 heterocycles. The Balaban J connectivity index is 1.87. The fourth-order valence-corrected chi connectivity index (χ4v) is 2.89. The summed E-state index contributed by atoms with van der Waals surface area (Å²) in [5.74, 6) is 0.592. The minimum Gasteiger partial charge on any atom is -0.330 e. The molecule has 0 fully saturated rings. The van der Waals surface area contributed by atoms with Crippen LogP contribution in [-0.4, -0.2) is 6.54 Å². The summed E-state index contributed by atoms with van der Waals surface area (Å²) in [4.78, 5) is 1.47. The number of rotatable bonds is 6. The molecule has 0 saturated carbocycles. The van der Waals surface area contributed by atoms with E-state index in [1.165, 1.54) is 22.4 Å². The molecule has 1 atom stereocenters. The Morgan fingerprint density at radius 3 is 2.56 bits per heavy atom. The first-order valence-electron chi connectivity index (χ1n) is 6.56. The minimum absolute atomic E-state index is 0.592. The highest BCUT2D eigenvalue weighted by Crippen LogP contribution is 2.17. The van der Waals surface area contributed by atoms with E-state index in [9.17, 15) is 0 Å². The molecule has 0 spiro atoms. The number of benzene rings is 1. The highest BCUT2D eigenvalue weighted by Gasteiger charge is 2.08. The van der Waals surface area contributed by atoms with Crippen LogP contribution in [-0.2, 0) is 12.8 Å². The van der Waals surface area contributed by atoms with Crippen molar-refractivity contribution >= 4 is 11.3 Å². The number of hydrogen-bond donors (Lipinski definition) is 1. The van der Waals surface area contributed by atoms with Gasteiger partial charge in [0.1, 0.15) is 0 Å². The maximum absolute atomic E-state index is 5.89. The van der Waals surface area contributed by atoms with Gasteiger partial charge >= 0.3 is 0 Å². The number of thiophene rings is 1. The van der Waals surface area contributed by atoms with Gasteiger partial charge in [0.15, 0.2) is 0 Å². The highest BCUT2D eigenvalue weighted by atomic mass is 32.1. The van der Waals surface area contributed by atoms with E-state index in [1.807, 2.05) is 11.3 Å². The predicted molar refractivity (Wildman–Crippen MR) is 80.1 cm³/mol. The molecule has 96 valence electrons. The van der Waals surface area contributed by atoms with Crippen molar-refractivity contribution < 1.29 is 0 Å². The Morgan fingerprint density at radius 1 is 1.17 bits per heavy atom. The third-order valence-corrected chi connectivity index (χ3v) is 4.29. The van der Waals surface area contributed by atoms with Crippen LogP contribution < -0.4 is 5.73 Å². The average molecular weight is 259 g/mol. The van der Waals surface area contributed by atoms with Crippen LogP contribution in [0.4, 0.5) is 0 Å². The van der Waals surface area contributed by atoms with Gasteiger partial charge in [0, 0.05) is 4.88 Å². The Hall–Kier alpha value is -1.12. The zero-order valence-electron chi connectivity index (χ0n) is 10.9. The summed E-state index contributed by atoms with van der Waals surface area (Å²) < 4.78 is 0. The van der Waals surface area contributed by atoms with Crippen molar-refractivity contribution in [2.45, 2.75) is 26.2 Å². The molecule has 1 unspecified atom stereocenters. The lowest BCUT2D eigenvalue weighted by Gasteiger charge is -2.14. The van der Waals surface area contributed by atoms with E-state index in [0.29, 0.717) is 5.92 Å². The van der Waals surface area contributed by atoms with Crippen molar-refractivity contribution in [1.82, 2.24) is 0 Å². The van der Waals surface area contributed by atoms with Gasteiger partial charge in [-0.25, -0.2) is 0 Å². The van der Waals surface area contributed by atoms with Gasteiger partial charge in [-0.1, -0.05) is 35.9 Å². The van der Waals surface area contributed by atoms with Gasteiger partial charge in [0.25, 0.3) is 0 Å². The molecule has 0 bridgehead atoms. The highest BCUT2D eigenvalue weighted by molar-refractivity contribution is 7.09. The SMILES string of the molecule is Cc1ccc(CC(CN)CCc2cccs2)cc1. The third kappa shape index (κ3) is 3.97. The Labute approximate surface area is 114 Å². The van der Waals surface area contributed by atoms with Gasteiger partial charge in [0.2, 0.25) is 0 Å². The molecular weight excluding hydrogens is 238 g/mol. The second-order valence-electron chi connectivity index (χ2n) is 4.91. The lowest BCUT2D eigenvalue weighted by atomic mass is 9.94. The summed E-state index contributed by atoms with van der Waals surface area (Å²) in [5, 5.41) is 2.15. The third-order valence-electron chi connectivity index (χ3n) is 3.36. The van der Waals surface area contributed by atoms with Crippen molar-refractivity contribution in [3.63, 3.8) is 0 Å². The van der Waals surface area contributed by atoms with Crippen molar-refractivity contribution in [3.05, 3.63) is 57.8 Å². The van der Waals surface area contributed by atoms with Gasteiger partial charge in [-0.2, -0.15) is 0 Å². The molecule has 0 radical (unpaired) electrons. The second-order valence-corrected chi connectivity index (χ2v) is 5.94. The normalized spacial score (nSPS) is 12.6. The smallest absolute Gasteiger partial charge is 0.00453 e. The summed E-state index contributed by atoms with van der Waals surface area (Å²) >= 11 is 1.84. The van der Waals surface area contributed by atoms with E-state index in [1.54, 1.807) is 0 Å². The Bertz CT molecular complexity index is 444. The molecular formula is C16H21NS. The number of aryl methyl sites for hydroxylation is 2. The maximum Gasteiger partial charge on any atom is 0.00453 e. The zero-order chi connectivity index (χ0) is 12.8. The molecule has 2 N–H and O–H groups in total. The fraction of sp³-hybridized carbons (Fsp3) is 0.375. The van der Waals surface area contributed by atoms with Gasteiger partial charge in [-0.15, -0.1) is 11.3 Å². The van der Waals surface area contributed by atoms with E-state index in [2.05, 4.69) is 48.7 Å². The van der Waals surface area contributed by atoms with Crippen molar-refractivity contribution in [3.8, 4) is 0 Å². The van der Waals surface area contributed by atoms with Crippen molar-refractivity contribution in [1.29, 1.82) is 0 Å². The van der Waals surface area contributed by atoms with Gasteiger partial charge in [-0.3, -0.25) is 0 Å². The predicted octanol–water partition coefficient (Wildman–Crippen LogP) is 3.81. The van der Waals surface area contributed by atoms with Crippen LogP contribution in [0.3, 0.4) is 0 Å². The summed E-state index contributed by atoms with van der Waals surface area (Å²) in [7, 11) is 0. The van der Waals surface area contributed by atoms with E-state index in [4.69, 9.17) is 5.73 Å². The van der Waals surface area contributed by atoms with E-state index >= 15 is 0 Å². The van der Waals surface area contributed by atoms with E-state index in [-0.39, 0.29) is 0 Å². The fourth-order valence-electron chi connectivity index (χ4n) is 2.16. The maximum atomic E-state index is 5.89. The zero-order valence-corrected chi connectivity index (χ0v) is 11.7. The first kappa shape index (κ1) is 13.3. The molecule has 1 aromatic heterocycles. The van der Waals surface area contributed by atoms with E-state index in [0.717, 1.165) is 19.4 Å². The van der Waals surface area contributed by atoms with Crippen LogP contribution in [0.1, 0.15) is 22.4 Å². The first-order valence-corrected chi connectivity index (χ1v) is 7.44. The molecule has 1 nitrogen and oxygen atoms in total. The van der Waals surface area contributed by atoms with Gasteiger partial charge < -0.3 is 5.73 Å². The molecule has 2 aromatic rings. The Kier molecular flexibility index (Phi) is 4.97. The molecule has 0 amide bonds. The monoisotopic (exact) mass is 259 g/mol. The summed E-state index contributed by atoms with van der Waals surface area (Å²) in [6, 6.07) is 13.2. The molecule has 0 aliphatic rings. The molecule has 1 aromatic carbocycles. The lowest BCUT2D eigenvalue weighted by molar-refractivity contribution is 0.496. The lowest BCUT2D eigenvalue weighted by Crippen LogP contribution is -2.17. The molecule has 2 heteroatoms. The topological polar surface area (TPSA) is 26.0 Å². The standard InChI is InChI=1S/C16H21NS/c1-13-4-6-14(7-5-13)11-15(12-17)8-9-16-3-2-10-18-16/h2-7,10,15H,8-9,11-12,17H2,1H3. The van der Waals surface area contributed by atoms with E-state index < -0.39 is 0 Å². The summed E-state index contributed by atoms with van der Waals surface area (Å²) in [6.07, 6.45) is 3.44. The molecule has 0 aliphatic carbocycles. The second kappa shape index (κ2) is 6.72. The summed E-state index contributed by atoms with van der Waals surface area (Å²) in [6.45, 7) is 2.90. The van der Waals surface area contributed by atoms with Crippen LogP contribution in [0.5, 0.6) is 0 Å². The van der Waals surface area contributed by atoms with Crippen molar-refractivity contribution in [2.24, 2.45) is 11.7 Å². The molecule has 0 saturated heterocycles. The van der Waals surface area contributed by atoms with Crippen molar-refractivity contribution in [2.75, 3.05) is 6.54 Å². The van der Waals surface area contributed by atoms with Crippen LogP contribution in [0.25, 0.3) is 0 Å².